The Balaban J connectivity index is 1.77. The van der Waals surface area contributed by atoms with Crippen LogP contribution in [0, 0.1) is 5.82 Å². The molecule has 1 heterocycles. The third-order valence-electron chi connectivity index (χ3n) is 6.47. The van der Waals surface area contributed by atoms with Crippen LogP contribution in [0.4, 0.5) is 17.6 Å². The normalized spacial score (nSPS) is 12.6. The molecule has 0 unspecified atom stereocenters. The summed E-state index contributed by atoms with van der Waals surface area (Å²) in [6.45, 7) is 2.52. The largest absolute Gasteiger partial charge is 0.416 e. The van der Waals surface area contributed by atoms with E-state index in [1.165, 1.54) is 41.0 Å². The van der Waals surface area contributed by atoms with Gasteiger partial charge < -0.3 is 9.80 Å². The van der Waals surface area contributed by atoms with Gasteiger partial charge in [0.1, 0.15) is 11.6 Å². The molecule has 0 spiro atoms. The minimum atomic E-state index is -4.47. The van der Waals surface area contributed by atoms with E-state index < -0.39 is 23.6 Å². The van der Waals surface area contributed by atoms with E-state index >= 15 is 0 Å². The molecule has 0 aliphatic carbocycles. The van der Waals surface area contributed by atoms with Crippen molar-refractivity contribution in [2.75, 3.05) is 27.2 Å². The number of alkyl halides is 3. The molecule has 0 saturated carbocycles. The standard InChI is InChI=1S/C29H28F4N4O2/c1-19(36(17-16-35(2)3)26(38)18-20-8-10-21(11-9-20)29(31,32)33)27-34-25-7-5-4-6-24(25)28(39)37(27)23-14-12-22(30)13-15-23/h4-15,19H,16-18H2,1-3H3/t19-/m1/s1. The Labute approximate surface area is 223 Å². The average molecular weight is 541 g/mol. The zero-order valence-corrected chi connectivity index (χ0v) is 21.7. The van der Waals surface area contributed by atoms with E-state index in [1.54, 1.807) is 36.1 Å². The fourth-order valence-corrected chi connectivity index (χ4v) is 4.34. The number of hydrogen-bond acceptors (Lipinski definition) is 4. The Kier molecular flexibility index (Phi) is 8.15. The first-order chi connectivity index (χ1) is 18.5. The summed E-state index contributed by atoms with van der Waals surface area (Å²) in [4.78, 5) is 35.4. The summed E-state index contributed by atoms with van der Waals surface area (Å²) in [6.07, 6.45) is -4.61. The maximum Gasteiger partial charge on any atom is 0.416 e. The monoisotopic (exact) mass is 540 g/mol. The number of amides is 1. The molecular formula is C29H28F4N4O2. The minimum Gasteiger partial charge on any atom is -0.331 e. The lowest BCUT2D eigenvalue weighted by atomic mass is 10.1. The first-order valence-corrected chi connectivity index (χ1v) is 12.3. The van der Waals surface area contributed by atoms with Gasteiger partial charge in [-0.25, -0.2) is 9.37 Å². The average Bonchev–Trinajstić information content (AvgIpc) is 2.89. The number of carbonyl (C=O) groups excluding carboxylic acids is 1. The van der Waals surface area contributed by atoms with Gasteiger partial charge in [-0.3, -0.25) is 14.2 Å². The number of nitrogens with zero attached hydrogens (tertiary/aromatic N) is 4. The number of benzene rings is 3. The van der Waals surface area contributed by atoms with Crippen LogP contribution in [0.15, 0.2) is 77.6 Å². The summed E-state index contributed by atoms with van der Waals surface area (Å²) < 4.78 is 54.0. The van der Waals surface area contributed by atoms with Crippen LogP contribution in [0.5, 0.6) is 0 Å². The molecule has 6 nitrogen and oxygen atoms in total. The van der Waals surface area contributed by atoms with Gasteiger partial charge in [-0.05, 0) is 75.1 Å². The van der Waals surface area contributed by atoms with E-state index in [0.29, 0.717) is 28.7 Å². The predicted octanol–water partition coefficient (Wildman–Crippen LogP) is 5.24. The summed E-state index contributed by atoms with van der Waals surface area (Å²) in [7, 11) is 3.71. The second-order valence-electron chi connectivity index (χ2n) is 9.54. The highest BCUT2D eigenvalue weighted by Crippen LogP contribution is 2.29. The van der Waals surface area contributed by atoms with E-state index in [0.717, 1.165) is 12.1 Å². The molecule has 10 heteroatoms. The van der Waals surface area contributed by atoms with Crippen molar-refractivity contribution in [3.05, 3.63) is 106 Å². The zero-order chi connectivity index (χ0) is 28.3. The van der Waals surface area contributed by atoms with Gasteiger partial charge in [0.05, 0.1) is 34.6 Å². The SMILES string of the molecule is C[C@H](c1nc2ccccc2c(=O)n1-c1ccc(F)cc1)N(CCN(C)C)C(=O)Cc1ccc(C(F)(F)F)cc1. The first kappa shape index (κ1) is 28.0. The van der Waals surface area contributed by atoms with Gasteiger partial charge in [-0.15, -0.1) is 0 Å². The first-order valence-electron chi connectivity index (χ1n) is 12.3. The molecule has 0 fully saturated rings. The van der Waals surface area contributed by atoms with Crippen LogP contribution in [0.1, 0.15) is 29.9 Å². The summed E-state index contributed by atoms with van der Waals surface area (Å²) in [5.41, 5.74) is 0.115. The van der Waals surface area contributed by atoms with Crippen molar-refractivity contribution in [1.29, 1.82) is 0 Å². The Morgan fingerprint density at radius 2 is 1.59 bits per heavy atom. The number of carbonyl (C=O) groups is 1. The van der Waals surface area contributed by atoms with Crippen molar-refractivity contribution in [3.63, 3.8) is 0 Å². The van der Waals surface area contributed by atoms with E-state index in [9.17, 15) is 27.2 Å². The molecule has 204 valence electrons. The summed E-state index contributed by atoms with van der Waals surface area (Å²) in [5, 5.41) is 0.369. The minimum absolute atomic E-state index is 0.135. The third-order valence-corrected chi connectivity index (χ3v) is 6.47. The molecule has 0 N–H and O–H groups in total. The van der Waals surface area contributed by atoms with Crippen molar-refractivity contribution in [2.24, 2.45) is 0 Å². The summed E-state index contributed by atoms with van der Waals surface area (Å²) >= 11 is 0. The molecule has 4 aromatic rings. The summed E-state index contributed by atoms with van der Waals surface area (Å²) in [6, 6.07) is 16.0. The number of rotatable bonds is 8. The number of likely N-dealkylation sites (N-methyl/N-ethyl adjacent to an activating group) is 1. The van der Waals surface area contributed by atoms with Crippen LogP contribution in [0.3, 0.4) is 0 Å². The Morgan fingerprint density at radius 1 is 0.949 bits per heavy atom. The van der Waals surface area contributed by atoms with Crippen LogP contribution in [-0.2, 0) is 17.4 Å². The molecule has 0 aliphatic heterocycles. The maximum absolute atomic E-state index is 13.7. The lowest BCUT2D eigenvalue weighted by molar-refractivity contribution is -0.137. The number of fused-ring (bicyclic) bond motifs is 1. The molecule has 1 aromatic heterocycles. The molecule has 0 aliphatic rings. The van der Waals surface area contributed by atoms with Gasteiger partial charge in [0.25, 0.3) is 5.56 Å². The lowest BCUT2D eigenvalue weighted by Crippen LogP contribution is -2.41. The predicted molar refractivity (Wildman–Crippen MR) is 141 cm³/mol. The fourth-order valence-electron chi connectivity index (χ4n) is 4.34. The van der Waals surface area contributed by atoms with Crippen LogP contribution >= 0.6 is 0 Å². The number of halogens is 4. The quantitative estimate of drug-likeness (QED) is 0.287. The van der Waals surface area contributed by atoms with Gasteiger partial charge in [0.2, 0.25) is 5.91 Å². The smallest absolute Gasteiger partial charge is 0.331 e. The molecule has 0 bridgehead atoms. The zero-order valence-electron chi connectivity index (χ0n) is 21.7. The number of para-hydroxylation sites is 1. The molecular weight excluding hydrogens is 512 g/mol. The Bertz CT molecular complexity index is 1510. The van der Waals surface area contributed by atoms with Crippen molar-refractivity contribution in [3.8, 4) is 5.69 Å². The highest BCUT2D eigenvalue weighted by Gasteiger charge is 2.31. The Morgan fingerprint density at radius 3 is 2.21 bits per heavy atom. The van der Waals surface area contributed by atoms with Gasteiger partial charge in [0.15, 0.2) is 0 Å². The topological polar surface area (TPSA) is 58.4 Å². The van der Waals surface area contributed by atoms with Crippen molar-refractivity contribution in [2.45, 2.75) is 25.6 Å². The van der Waals surface area contributed by atoms with Crippen molar-refractivity contribution >= 4 is 16.8 Å². The van der Waals surface area contributed by atoms with Crippen LogP contribution in [-0.4, -0.2) is 52.4 Å². The van der Waals surface area contributed by atoms with E-state index in [2.05, 4.69) is 0 Å². The lowest BCUT2D eigenvalue weighted by Gasteiger charge is -2.31. The number of hydrogen-bond donors (Lipinski definition) is 0. The van der Waals surface area contributed by atoms with Crippen LogP contribution in [0.2, 0.25) is 0 Å². The molecule has 3 aromatic carbocycles. The van der Waals surface area contributed by atoms with Crippen LogP contribution < -0.4 is 5.56 Å². The second-order valence-corrected chi connectivity index (χ2v) is 9.54. The second kappa shape index (κ2) is 11.4. The van der Waals surface area contributed by atoms with E-state index in [4.69, 9.17) is 4.98 Å². The molecule has 1 amide bonds. The van der Waals surface area contributed by atoms with Crippen molar-refractivity contribution < 1.29 is 22.4 Å². The molecule has 0 saturated heterocycles. The van der Waals surface area contributed by atoms with Crippen molar-refractivity contribution in [1.82, 2.24) is 19.4 Å². The van der Waals surface area contributed by atoms with Gasteiger partial charge in [0, 0.05) is 13.1 Å². The molecule has 4 rings (SSSR count). The molecule has 0 radical (unpaired) electrons. The van der Waals surface area contributed by atoms with Crippen LogP contribution in [0.25, 0.3) is 16.6 Å². The third kappa shape index (κ3) is 6.34. The van der Waals surface area contributed by atoms with Gasteiger partial charge in [-0.1, -0.05) is 24.3 Å². The van der Waals surface area contributed by atoms with Gasteiger partial charge in [-0.2, -0.15) is 13.2 Å². The molecule has 39 heavy (non-hydrogen) atoms. The number of aromatic nitrogens is 2. The molecule has 1 atom stereocenters. The Hall–Kier alpha value is -4.05. The van der Waals surface area contributed by atoms with E-state index in [-0.39, 0.29) is 30.3 Å². The fraction of sp³-hybridized carbons (Fsp3) is 0.276. The maximum atomic E-state index is 13.7. The highest BCUT2D eigenvalue weighted by atomic mass is 19.4. The van der Waals surface area contributed by atoms with E-state index in [1.807, 2.05) is 19.0 Å². The summed E-state index contributed by atoms with van der Waals surface area (Å²) in [5.74, 6) is -0.517. The highest BCUT2D eigenvalue weighted by molar-refractivity contribution is 5.80. The van der Waals surface area contributed by atoms with Gasteiger partial charge >= 0.3 is 6.18 Å².